The zero-order chi connectivity index (χ0) is 17.5. The molecule has 3 aromatic heterocycles. The first kappa shape index (κ1) is 16.0. The molecule has 3 rings (SSSR count). The molecule has 0 unspecified atom stereocenters. The van der Waals surface area contributed by atoms with E-state index in [0.717, 1.165) is 5.56 Å². The van der Waals surface area contributed by atoms with Crippen LogP contribution in [0.5, 0.6) is 5.75 Å². The van der Waals surface area contributed by atoms with Gasteiger partial charge in [-0.15, -0.1) is 0 Å². The molecule has 0 radical (unpaired) electrons. The summed E-state index contributed by atoms with van der Waals surface area (Å²) in [6.45, 7) is 3.37. The largest absolute Gasteiger partial charge is 0.488 e. The number of nitrogens with zero attached hydrogens (tertiary/aromatic N) is 4. The van der Waals surface area contributed by atoms with Gasteiger partial charge < -0.3 is 14.9 Å². The van der Waals surface area contributed by atoms with Crippen molar-refractivity contribution in [2.45, 2.75) is 19.4 Å². The molecule has 0 aliphatic rings. The lowest BCUT2D eigenvalue weighted by Gasteiger charge is -2.19. The molecule has 2 N–H and O–H groups in total. The third kappa shape index (κ3) is 2.95. The Bertz CT molecular complexity index is 905. The number of aromatic nitrogens is 4. The van der Waals surface area contributed by atoms with Crippen molar-refractivity contribution < 1.29 is 19.7 Å². The molecule has 0 saturated carbocycles. The summed E-state index contributed by atoms with van der Waals surface area (Å²) >= 11 is 0. The molecule has 0 spiro atoms. The highest BCUT2D eigenvalue weighted by atomic mass is 16.5. The highest BCUT2D eigenvalue weighted by Gasteiger charge is 2.21. The van der Waals surface area contributed by atoms with Crippen LogP contribution >= 0.6 is 0 Å². The van der Waals surface area contributed by atoms with Crippen LogP contribution < -0.4 is 4.74 Å². The van der Waals surface area contributed by atoms with Gasteiger partial charge in [0.1, 0.15) is 23.6 Å². The fraction of sp³-hybridized carbons (Fsp3) is 0.312. The summed E-state index contributed by atoms with van der Waals surface area (Å²) in [6.07, 6.45) is 4.74. The molecular formula is C16H18N4O4. The van der Waals surface area contributed by atoms with Gasteiger partial charge in [-0.05, 0) is 26.0 Å². The van der Waals surface area contributed by atoms with Crippen LogP contribution in [0.3, 0.4) is 0 Å². The third-order valence-electron chi connectivity index (χ3n) is 3.43. The lowest BCUT2D eigenvalue weighted by atomic mass is 10.1. The van der Waals surface area contributed by atoms with E-state index >= 15 is 0 Å². The molecule has 8 heteroatoms. The van der Waals surface area contributed by atoms with E-state index in [1.807, 2.05) is 0 Å². The number of aromatic carboxylic acids is 1. The maximum atomic E-state index is 11.3. The number of aliphatic hydroxyl groups is 1. The van der Waals surface area contributed by atoms with Gasteiger partial charge in [0.05, 0.1) is 23.5 Å². The van der Waals surface area contributed by atoms with Crippen molar-refractivity contribution in [3.05, 3.63) is 36.3 Å². The summed E-state index contributed by atoms with van der Waals surface area (Å²) in [5.41, 5.74) is 0.870. The Morgan fingerprint density at radius 2 is 2.04 bits per heavy atom. The van der Waals surface area contributed by atoms with Crippen molar-refractivity contribution in [2.24, 2.45) is 7.05 Å². The maximum absolute atomic E-state index is 11.3. The average molecular weight is 330 g/mol. The van der Waals surface area contributed by atoms with E-state index in [9.17, 15) is 15.0 Å². The summed E-state index contributed by atoms with van der Waals surface area (Å²) in [5, 5.41) is 27.5. The Kier molecular flexibility index (Phi) is 3.76. The van der Waals surface area contributed by atoms with E-state index in [4.69, 9.17) is 4.74 Å². The first-order chi connectivity index (χ1) is 11.3. The van der Waals surface area contributed by atoms with Crippen molar-refractivity contribution in [1.29, 1.82) is 0 Å². The quantitative estimate of drug-likeness (QED) is 0.736. The van der Waals surface area contributed by atoms with Crippen LogP contribution in [0.15, 0.2) is 30.7 Å². The Balaban J connectivity index is 2.18. The molecule has 8 nitrogen and oxygen atoms in total. The van der Waals surface area contributed by atoms with E-state index < -0.39 is 11.6 Å². The van der Waals surface area contributed by atoms with Gasteiger partial charge in [0.25, 0.3) is 0 Å². The molecule has 0 aliphatic carbocycles. The number of carboxylic acids is 1. The molecule has 0 saturated heterocycles. The predicted molar refractivity (Wildman–Crippen MR) is 86.1 cm³/mol. The predicted octanol–water partition coefficient (Wildman–Crippen LogP) is 1.58. The Labute approximate surface area is 137 Å². The number of ether oxygens (including phenoxy) is 1. The van der Waals surface area contributed by atoms with Gasteiger partial charge in [-0.1, -0.05) is 0 Å². The zero-order valence-corrected chi connectivity index (χ0v) is 13.6. The fourth-order valence-corrected chi connectivity index (χ4v) is 2.38. The molecule has 126 valence electrons. The number of carbonyl (C=O) groups is 1. The van der Waals surface area contributed by atoms with Crippen LogP contribution in [0.4, 0.5) is 0 Å². The Hall–Kier alpha value is -2.87. The summed E-state index contributed by atoms with van der Waals surface area (Å²) in [5.74, 6) is -0.565. The zero-order valence-electron chi connectivity index (χ0n) is 13.6. The van der Waals surface area contributed by atoms with Crippen LogP contribution in [-0.2, 0) is 7.05 Å². The third-order valence-corrected chi connectivity index (χ3v) is 3.43. The number of aryl methyl sites for hydroxylation is 1. The van der Waals surface area contributed by atoms with E-state index in [0.29, 0.717) is 17.0 Å². The number of hydrogen-bond acceptors (Lipinski definition) is 5. The number of carboxylic acid groups (broad SMARTS) is 1. The standard InChI is InChI=1S/C16H18N4O4/c1-16(2,23)9-24-13-5-4-12-11(15(21)22)7-18-20(12)14(13)10-6-17-19(3)8-10/h4-8,23H,9H2,1-3H3,(H,21,22). The number of hydrogen-bond donors (Lipinski definition) is 2. The monoisotopic (exact) mass is 330 g/mol. The van der Waals surface area contributed by atoms with Gasteiger partial charge in [0.15, 0.2) is 0 Å². The first-order valence-corrected chi connectivity index (χ1v) is 7.34. The van der Waals surface area contributed by atoms with E-state index in [-0.39, 0.29) is 12.2 Å². The normalized spacial score (nSPS) is 11.8. The molecular weight excluding hydrogens is 312 g/mol. The average Bonchev–Trinajstić information content (AvgIpc) is 3.09. The molecule has 0 amide bonds. The number of pyridine rings is 1. The van der Waals surface area contributed by atoms with Crippen LogP contribution in [0.1, 0.15) is 24.2 Å². The summed E-state index contributed by atoms with van der Waals surface area (Å²) in [7, 11) is 1.78. The topological polar surface area (TPSA) is 102 Å². The van der Waals surface area contributed by atoms with Crippen molar-refractivity contribution in [1.82, 2.24) is 19.4 Å². The summed E-state index contributed by atoms with van der Waals surface area (Å²) < 4.78 is 8.90. The first-order valence-electron chi connectivity index (χ1n) is 7.34. The van der Waals surface area contributed by atoms with Gasteiger partial charge in [-0.25, -0.2) is 9.31 Å². The van der Waals surface area contributed by atoms with Gasteiger partial charge >= 0.3 is 5.97 Å². The minimum atomic E-state index is -1.05. The Morgan fingerprint density at radius 1 is 1.29 bits per heavy atom. The molecule has 3 heterocycles. The second-order valence-corrected chi connectivity index (χ2v) is 6.21. The smallest absolute Gasteiger partial charge is 0.339 e. The maximum Gasteiger partial charge on any atom is 0.339 e. The second-order valence-electron chi connectivity index (χ2n) is 6.21. The molecule has 24 heavy (non-hydrogen) atoms. The molecule has 0 atom stereocenters. The van der Waals surface area contributed by atoms with Crippen LogP contribution in [-0.4, -0.2) is 47.8 Å². The highest BCUT2D eigenvalue weighted by Crippen LogP contribution is 2.32. The second kappa shape index (κ2) is 5.64. The van der Waals surface area contributed by atoms with Gasteiger partial charge in [-0.3, -0.25) is 4.68 Å². The molecule has 0 aromatic carbocycles. The van der Waals surface area contributed by atoms with E-state index in [1.165, 1.54) is 10.7 Å². The minimum Gasteiger partial charge on any atom is -0.488 e. The van der Waals surface area contributed by atoms with Crippen molar-refractivity contribution in [3.63, 3.8) is 0 Å². The highest BCUT2D eigenvalue weighted by molar-refractivity contribution is 5.96. The van der Waals surface area contributed by atoms with Gasteiger partial charge in [0.2, 0.25) is 0 Å². The minimum absolute atomic E-state index is 0.0822. The SMILES string of the molecule is Cn1cc(-c2c(OCC(C)(C)O)ccc3c(C(=O)O)cnn23)cn1. The molecule has 0 bridgehead atoms. The number of fused-ring (bicyclic) bond motifs is 1. The van der Waals surface area contributed by atoms with Gasteiger partial charge in [0, 0.05) is 18.8 Å². The van der Waals surface area contributed by atoms with Crippen molar-refractivity contribution in [2.75, 3.05) is 6.61 Å². The van der Waals surface area contributed by atoms with Crippen LogP contribution in [0.2, 0.25) is 0 Å². The van der Waals surface area contributed by atoms with E-state index in [2.05, 4.69) is 10.2 Å². The van der Waals surface area contributed by atoms with E-state index in [1.54, 1.807) is 50.1 Å². The lowest BCUT2D eigenvalue weighted by molar-refractivity contribution is 0.0285. The van der Waals surface area contributed by atoms with Crippen molar-refractivity contribution >= 4 is 11.5 Å². The molecule has 3 aromatic rings. The van der Waals surface area contributed by atoms with Crippen molar-refractivity contribution in [3.8, 4) is 17.0 Å². The number of rotatable bonds is 5. The van der Waals surface area contributed by atoms with Crippen LogP contribution in [0, 0.1) is 0 Å². The van der Waals surface area contributed by atoms with Gasteiger partial charge in [-0.2, -0.15) is 10.2 Å². The lowest BCUT2D eigenvalue weighted by Crippen LogP contribution is -2.28. The molecule has 0 aliphatic heterocycles. The van der Waals surface area contributed by atoms with Crippen LogP contribution in [0.25, 0.3) is 16.8 Å². The fourth-order valence-electron chi connectivity index (χ4n) is 2.38. The Morgan fingerprint density at radius 3 is 2.62 bits per heavy atom. The summed E-state index contributed by atoms with van der Waals surface area (Å²) in [6, 6.07) is 3.31. The summed E-state index contributed by atoms with van der Waals surface area (Å²) in [4.78, 5) is 11.3. The molecule has 0 fully saturated rings.